The van der Waals surface area contributed by atoms with Crippen molar-refractivity contribution >= 4 is 47.1 Å². The number of thiol groups is 2. The minimum Gasteiger partial charge on any atom is -0.303 e. The Morgan fingerprint density at radius 2 is 0.756 bits per heavy atom. The van der Waals surface area contributed by atoms with Gasteiger partial charge in [0.2, 0.25) is 0 Å². The fraction of sp³-hybridized carbons (Fsp3) is 0.641. The highest BCUT2D eigenvalue weighted by atomic mass is 32.1. The summed E-state index contributed by atoms with van der Waals surface area (Å²) in [6.45, 7) is 5.85. The smallest absolute Gasteiger partial charge is 0.282 e. The highest BCUT2D eigenvalue weighted by molar-refractivity contribution is 7.97. The van der Waals surface area contributed by atoms with Gasteiger partial charge in [0.05, 0.1) is 0 Å². The van der Waals surface area contributed by atoms with Gasteiger partial charge in [-0.3, -0.25) is 9.59 Å². The van der Waals surface area contributed by atoms with Crippen molar-refractivity contribution in [1.82, 2.24) is 0 Å². The molecule has 4 nitrogen and oxygen atoms in total. The van der Waals surface area contributed by atoms with Crippen molar-refractivity contribution < 1.29 is 9.59 Å². The van der Waals surface area contributed by atoms with Crippen LogP contribution in [0.1, 0.15) is 153 Å². The van der Waals surface area contributed by atoms with E-state index in [1.807, 2.05) is 46.2 Å². The van der Waals surface area contributed by atoms with E-state index in [4.69, 9.17) is 0 Å². The molecule has 2 aromatic carbocycles. The van der Waals surface area contributed by atoms with Crippen LogP contribution in [0.3, 0.4) is 0 Å². The average molecular weight is 655 g/mol. The predicted molar refractivity (Wildman–Crippen MR) is 203 cm³/mol. The molecule has 0 unspecified atom stereocenters. The molecule has 2 amide bonds. The number of benzene rings is 2. The lowest BCUT2D eigenvalue weighted by Crippen LogP contribution is -2.29. The molecule has 0 aliphatic rings. The van der Waals surface area contributed by atoms with Gasteiger partial charge < -0.3 is 9.80 Å². The van der Waals surface area contributed by atoms with E-state index in [2.05, 4.69) is 51.2 Å². The molecule has 0 atom stereocenters. The number of nitrogens with zero attached hydrogens (tertiary/aromatic N) is 2. The van der Waals surface area contributed by atoms with Crippen LogP contribution in [0.25, 0.3) is 0 Å². The molecule has 0 aliphatic heterocycles. The van der Waals surface area contributed by atoms with Crippen molar-refractivity contribution in [3.8, 4) is 0 Å². The molecule has 0 heterocycles. The molecular formula is C39H62N2O2S2. The monoisotopic (exact) mass is 654 g/mol. The third kappa shape index (κ3) is 16.5. The molecule has 0 aliphatic carbocycles. The van der Waals surface area contributed by atoms with E-state index in [1.165, 1.54) is 103 Å². The minimum atomic E-state index is -0.222. The van der Waals surface area contributed by atoms with E-state index in [0.717, 1.165) is 48.2 Å². The first-order chi connectivity index (χ1) is 22.0. The molecule has 0 N–H and O–H groups in total. The molecule has 0 fully saturated rings. The molecular weight excluding hydrogens is 593 g/mol. The van der Waals surface area contributed by atoms with E-state index < -0.39 is 0 Å². The molecule has 45 heavy (non-hydrogen) atoms. The molecule has 2 aromatic rings. The molecule has 0 saturated carbocycles. The molecule has 252 valence electrons. The number of carbonyl (C=O) groups excluding carboxylic acids is 2. The number of hydrogen-bond donors (Lipinski definition) is 2. The number of hydrogen-bond acceptors (Lipinski definition) is 2. The third-order valence-electron chi connectivity index (χ3n) is 8.88. The molecule has 0 radical (unpaired) electrons. The second-order valence-electron chi connectivity index (χ2n) is 12.7. The quantitative estimate of drug-likeness (QED) is 0.0783. The van der Waals surface area contributed by atoms with E-state index in [-0.39, 0.29) is 10.5 Å². The Labute approximate surface area is 286 Å². The van der Waals surface area contributed by atoms with Crippen LogP contribution in [0, 0.1) is 0 Å². The topological polar surface area (TPSA) is 40.6 Å². The van der Waals surface area contributed by atoms with Crippen molar-refractivity contribution in [3.63, 3.8) is 0 Å². The van der Waals surface area contributed by atoms with E-state index in [1.54, 1.807) is 0 Å². The predicted octanol–water partition coefficient (Wildman–Crippen LogP) is 12.8. The Hall–Kier alpha value is -1.92. The van der Waals surface area contributed by atoms with Crippen molar-refractivity contribution in [2.24, 2.45) is 0 Å². The average Bonchev–Trinajstić information content (AvgIpc) is 3.03. The van der Waals surface area contributed by atoms with Gasteiger partial charge in [-0.2, -0.15) is 0 Å². The zero-order chi connectivity index (χ0) is 32.5. The van der Waals surface area contributed by atoms with Crippen LogP contribution in [0.5, 0.6) is 0 Å². The Morgan fingerprint density at radius 3 is 1.07 bits per heavy atom. The summed E-state index contributed by atoms with van der Waals surface area (Å²) in [5, 5.41) is -0.445. The van der Waals surface area contributed by atoms with Crippen LogP contribution in [-0.4, -0.2) is 23.6 Å². The van der Waals surface area contributed by atoms with Crippen LogP contribution in [0.15, 0.2) is 48.5 Å². The summed E-state index contributed by atoms with van der Waals surface area (Å²) in [4.78, 5) is 29.0. The van der Waals surface area contributed by atoms with Crippen LogP contribution < -0.4 is 9.80 Å². The maximum Gasteiger partial charge on any atom is 0.282 e. The van der Waals surface area contributed by atoms with Crippen LogP contribution in [-0.2, 0) is 6.42 Å². The lowest BCUT2D eigenvalue weighted by atomic mass is 10.00. The summed E-state index contributed by atoms with van der Waals surface area (Å²) in [5.74, 6) is 0. The van der Waals surface area contributed by atoms with E-state index in [9.17, 15) is 9.59 Å². The lowest BCUT2D eigenvalue weighted by Gasteiger charge is -2.26. The van der Waals surface area contributed by atoms with Crippen LogP contribution in [0.2, 0.25) is 0 Å². The van der Waals surface area contributed by atoms with Gasteiger partial charge in [0.15, 0.2) is 0 Å². The largest absolute Gasteiger partial charge is 0.303 e. The van der Waals surface area contributed by atoms with Crippen molar-refractivity contribution in [2.45, 2.75) is 149 Å². The van der Waals surface area contributed by atoms with Gasteiger partial charge in [0.25, 0.3) is 10.5 Å². The zero-order valence-corrected chi connectivity index (χ0v) is 30.3. The summed E-state index contributed by atoms with van der Waals surface area (Å²) < 4.78 is 0. The highest BCUT2D eigenvalue weighted by Gasteiger charge is 2.19. The molecule has 6 heteroatoms. The molecule has 0 aromatic heterocycles. The van der Waals surface area contributed by atoms with E-state index >= 15 is 0 Å². The number of anilines is 2. The van der Waals surface area contributed by atoms with Gasteiger partial charge in [-0.25, -0.2) is 0 Å². The third-order valence-corrected chi connectivity index (χ3v) is 9.36. The Morgan fingerprint density at radius 1 is 0.467 bits per heavy atom. The second kappa shape index (κ2) is 25.2. The highest BCUT2D eigenvalue weighted by Crippen LogP contribution is 2.30. The summed E-state index contributed by atoms with van der Waals surface area (Å²) >= 11 is 8.54. The number of carbonyl (C=O) groups is 2. The van der Waals surface area contributed by atoms with Crippen molar-refractivity contribution in [1.29, 1.82) is 0 Å². The van der Waals surface area contributed by atoms with Gasteiger partial charge >= 0.3 is 0 Å². The first-order valence-electron chi connectivity index (χ1n) is 18.2. The fourth-order valence-corrected chi connectivity index (χ4v) is 6.62. The van der Waals surface area contributed by atoms with E-state index in [0.29, 0.717) is 19.5 Å². The first-order valence-corrected chi connectivity index (χ1v) is 19.1. The lowest BCUT2D eigenvalue weighted by molar-refractivity contribution is 0.264. The minimum absolute atomic E-state index is 0.222. The van der Waals surface area contributed by atoms with Gasteiger partial charge in [-0.05, 0) is 36.1 Å². The second-order valence-corrected chi connectivity index (χ2v) is 13.4. The SMILES string of the molecule is CCCCCCCCCCCCN(C(=O)S)c1ccccc1Cc1ccccc1N(CCCCCCCCCCCC)C(=O)S. The van der Waals surface area contributed by atoms with Crippen molar-refractivity contribution in [2.75, 3.05) is 22.9 Å². The van der Waals surface area contributed by atoms with Gasteiger partial charge in [0, 0.05) is 30.9 Å². The molecule has 2 rings (SSSR count). The number of para-hydroxylation sites is 2. The van der Waals surface area contributed by atoms with Crippen LogP contribution in [0.4, 0.5) is 21.0 Å². The number of unbranched alkanes of at least 4 members (excludes halogenated alkanes) is 18. The Balaban J connectivity index is 1.95. The van der Waals surface area contributed by atoms with Crippen LogP contribution >= 0.6 is 25.3 Å². The molecule has 0 saturated heterocycles. The number of rotatable bonds is 26. The fourth-order valence-electron chi connectivity index (χ4n) is 6.21. The van der Waals surface area contributed by atoms with Gasteiger partial charge in [-0.1, -0.05) is 191 Å². The van der Waals surface area contributed by atoms with Gasteiger partial charge in [-0.15, -0.1) is 0 Å². The number of amides is 2. The molecule has 0 spiro atoms. The van der Waals surface area contributed by atoms with Crippen molar-refractivity contribution in [3.05, 3.63) is 59.7 Å². The standard InChI is InChI=1S/C39H62N2O2S2/c1-3-5-7-9-11-13-15-17-19-25-31-40(38(42)44)36-29-23-21-27-34(36)33-35-28-22-24-30-37(35)41(39(43)45)32-26-20-18-16-14-12-10-8-6-4-2/h21-24,27-30H,3-20,25-26,31-33H2,1-2H3,(H,42,44)(H,43,45). The van der Waals surface area contributed by atoms with Gasteiger partial charge in [0.1, 0.15) is 0 Å². The summed E-state index contributed by atoms with van der Waals surface area (Å²) in [7, 11) is 0. The summed E-state index contributed by atoms with van der Waals surface area (Å²) in [5.41, 5.74) is 3.93. The maximum atomic E-state index is 12.7. The Bertz CT molecular complexity index is 993. The summed E-state index contributed by atoms with van der Waals surface area (Å²) in [6.07, 6.45) is 25.8. The normalized spacial score (nSPS) is 11.1. The first kappa shape index (κ1) is 39.3. The summed E-state index contributed by atoms with van der Waals surface area (Å²) in [6, 6.07) is 16.2. The zero-order valence-electron chi connectivity index (χ0n) is 28.5. The molecule has 0 bridgehead atoms. The Kier molecular flexibility index (Phi) is 22.0. The maximum absolute atomic E-state index is 12.7.